The van der Waals surface area contributed by atoms with Gasteiger partial charge in [0.25, 0.3) is 0 Å². The van der Waals surface area contributed by atoms with Gasteiger partial charge in [0.2, 0.25) is 0 Å². The van der Waals surface area contributed by atoms with E-state index in [1.807, 2.05) is 44.2 Å². The minimum atomic E-state index is 0.130. The molecule has 0 saturated carbocycles. The molecule has 1 fully saturated rings. The number of ketones is 2. The Kier molecular flexibility index (Phi) is 7.31. The van der Waals surface area contributed by atoms with Crippen LogP contribution in [0.3, 0.4) is 0 Å². The number of rotatable bonds is 8. The number of aryl methyl sites for hydroxylation is 1. The Balaban J connectivity index is 1.62. The normalized spacial score (nSPS) is 14.3. The molecule has 178 valence electrons. The second kappa shape index (κ2) is 10.4. The number of carbonyl (C=O) groups excluding carboxylic acids is 2. The molecule has 0 atom stereocenters. The summed E-state index contributed by atoms with van der Waals surface area (Å²) in [6, 6.07) is 9.86. The lowest BCUT2D eigenvalue weighted by Crippen LogP contribution is -2.37. The maximum atomic E-state index is 11.8. The smallest absolute Gasteiger partial charge is 0.196 e. The van der Waals surface area contributed by atoms with Crippen LogP contribution in [-0.4, -0.2) is 44.8 Å². The predicted octanol–water partition coefficient (Wildman–Crippen LogP) is 4.65. The fourth-order valence-corrected chi connectivity index (χ4v) is 4.88. The van der Waals surface area contributed by atoms with Crippen molar-refractivity contribution in [1.29, 1.82) is 0 Å². The van der Waals surface area contributed by atoms with Crippen LogP contribution < -0.4 is 10.2 Å². The Bertz CT molecular complexity index is 1180. The van der Waals surface area contributed by atoms with Gasteiger partial charge in [-0.2, -0.15) is 5.10 Å². The van der Waals surface area contributed by atoms with E-state index in [1.165, 1.54) is 11.8 Å². The van der Waals surface area contributed by atoms with Crippen molar-refractivity contribution in [3.05, 3.63) is 47.2 Å². The summed E-state index contributed by atoms with van der Waals surface area (Å²) in [4.78, 5) is 36.2. The number of Topliss-reactive ketones (excluding diaryl/α,β-unsaturated/α-hetero) is 2. The van der Waals surface area contributed by atoms with Gasteiger partial charge in [-0.3, -0.25) is 14.7 Å². The average Bonchev–Trinajstić information content (AvgIpc) is 3.21. The molecule has 0 unspecified atom stereocenters. The second-order valence-electron chi connectivity index (χ2n) is 8.86. The molecule has 8 nitrogen and oxygen atoms in total. The van der Waals surface area contributed by atoms with Crippen molar-refractivity contribution in [3.8, 4) is 0 Å². The molecule has 2 aromatic heterocycles. The topological polar surface area (TPSA) is 104 Å². The highest BCUT2D eigenvalue weighted by molar-refractivity contribution is 7.99. The predicted molar refractivity (Wildman–Crippen MR) is 134 cm³/mol. The molecule has 3 heterocycles. The van der Waals surface area contributed by atoms with Crippen molar-refractivity contribution in [2.75, 3.05) is 23.3 Å². The number of nitrogens with zero attached hydrogens (tertiary/aromatic N) is 4. The lowest BCUT2D eigenvalue weighted by molar-refractivity contribution is -0.121. The minimum Gasteiger partial charge on any atom is -0.356 e. The molecule has 0 bridgehead atoms. The first-order valence-electron chi connectivity index (χ1n) is 11.5. The van der Waals surface area contributed by atoms with Crippen molar-refractivity contribution in [1.82, 2.24) is 20.2 Å². The third-order valence-corrected chi connectivity index (χ3v) is 6.88. The fourth-order valence-electron chi connectivity index (χ4n) is 4.13. The van der Waals surface area contributed by atoms with E-state index in [-0.39, 0.29) is 17.5 Å². The summed E-state index contributed by atoms with van der Waals surface area (Å²) in [6.07, 6.45) is 2.10. The van der Waals surface area contributed by atoms with Crippen LogP contribution in [0.15, 0.2) is 40.4 Å². The lowest BCUT2D eigenvalue weighted by atomic mass is 9.93. The molecule has 1 aliphatic heterocycles. The maximum absolute atomic E-state index is 11.8. The molecule has 0 amide bonds. The molecular formula is C25H30N6O2S. The Hall–Kier alpha value is -3.20. The number of hydrogen-bond donors (Lipinski definition) is 2. The zero-order chi connectivity index (χ0) is 24.2. The molecule has 9 heteroatoms. The third-order valence-electron chi connectivity index (χ3n) is 6.01. The molecule has 0 aliphatic carbocycles. The first-order valence-corrected chi connectivity index (χ1v) is 12.3. The van der Waals surface area contributed by atoms with Gasteiger partial charge in [0.05, 0.1) is 0 Å². The van der Waals surface area contributed by atoms with E-state index in [2.05, 4.69) is 20.4 Å². The van der Waals surface area contributed by atoms with Crippen LogP contribution >= 0.6 is 11.8 Å². The van der Waals surface area contributed by atoms with Crippen LogP contribution in [0.4, 0.5) is 17.5 Å². The summed E-state index contributed by atoms with van der Waals surface area (Å²) in [5.41, 5.74) is 2.90. The Morgan fingerprint density at radius 2 is 1.82 bits per heavy atom. The fraction of sp³-hybridized carbons (Fsp3) is 0.400. The number of anilines is 3. The number of hydrogen-bond acceptors (Lipinski definition) is 8. The zero-order valence-corrected chi connectivity index (χ0v) is 20.8. The van der Waals surface area contributed by atoms with Crippen LogP contribution in [0.2, 0.25) is 0 Å². The average molecular weight is 479 g/mol. The third kappa shape index (κ3) is 5.83. The van der Waals surface area contributed by atoms with E-state index in [4.69, 9.17) is 9.97 Å². The van der Waals surface area contributed by atoms with Crippen LogP contribution in [0.5, 0.6) is 0 Å². The molecule has 1 aliphatic rings. The van der Waals surface area contributed by atoms with Gasteiger partial charge in [0.1, 0.15) is 23.2 Å². The molecule has 2 N–H and O–H groups in total. The van der Waals surface area contributed by atoms with Crippen LogP contribution in [0.1, 0.15) is 43.5 Å². The molecular weight excluding hydrogens is 448 g/mol. The molecule has 3 aromatic rings. The first-order chi connectivity index (χ1) is 16.3. The number of aromatic nitrogens is 4. The Morgan fingerprint density at radius 1 is 1.12 bits per heavy atom. The van der Waals surface area contributed by atoms with Gasteiger partial charge in [-0.05, 0) is 70.0 Å². The van der Waals surface area contributed by atoms with Crippen molar-refractivity contribution in [3.63, 3.8) is 0 Å². The van der Waals surface area contributed by atoms with E-state index in [0.29, 0.717) is 23.2 Å². The number of H-pyrrole nitrogens is 1. The first kappa shape index (κ1) is 23.9. The summed E-state index contributed by atoms with van der Waals surface area (Å²) < 4.78 is 0. The summed E-state index contributed by atoms with van der Waals surface area (Å²) >= 11 is 1.48. The summed E-state index contributed by atoms with van der Waals surface area (Å²) in [5.74, 6) is 2.82. The number of aromatic amines is 1. The zero-order valence-electron chi connectivity index (χ0n) is 20.0. The van der Waals surface area contributed by atoms with Gasteiger partial charge in [0.15, 0.2) is 11.0 Å². The maximum Gasteiger partial charge on any atom is 0.196 e. The Labute approximate surface area is 204 Å². The van der Waals surface area contributed by atoms with E-state index in [9.17, 15) is 9.59 Å². The van der Waals surface area contributed by atoms with Crippen LogP contribution in [-0.2, 0) is 16.0 Å². The molecule has 34 heavy (non-hydrogen) atoms. The standard InChI is InChI=1S/C25H30N6O2S/c1-15-13-22(30-29-15)26-23-17(3)24(31-11-9-20(10-12-31)18(4)33)28-25(27-23)34-21-7-5-19(6-8-21)14-16(2)32/h5-8,13,20H,9-12,14H2,1-4H3,(H2,26,27,28,29,30). The van der Waals surface area contributed by atoms with Gasteiger partial charge in [-0.1, -0.05) is 12.1 Å². The van der Waals surface area contributed by atoms with Gasteiger partial charge in [0, 0.05) is 47.6 Å². The number of carbonyl (C=O) groups is 2. The van der Waals surface area contributed by atoms with Crippen LogP contribution in [0.25, 0.3) is 0 Å². The van der Waals surface area contributed by atoms with Gasteiger partial charge in [-0.15, -0.1) is 0 Å². The monoisotopic (exact) mass is 478 g/mol. The SMILES string of the molecule is CC(=O)Cc1ccc(Sc2nc(Nc3cc(C)[nH]n3)c(C)c(N3CCC(C(C)=O)CC3)n2)cc1. The number of nitrogens with one attached hydrogen (secondary N) is 2. The lowest BCUT2D eigenvalue weighted by Gasteiger charge is -2.33. The number of piperidine rings is 1. The van der Waals surface area contributed by atoms with Crippen molar-refractivity contribution >= 4 is 40.8 Å². The van der Waals surface area contributed by atoms with Gasteiger partial charge in [-0.25, -0.2) is 9.97 Å². The molecule has 1 saturated heterocycles. The number of benzene rings is 1. The van der Waals surface area contributed by atoms with Crippen LogP contribution in [0, 0.1) is 19.8 Å². The summed E-state index contributed by atoms with van der Waals surface area (Å²) in [7, 11) is 0. The Morgan fingerprint density at radius 3 is 2.41 bits per heavy atom. The van der Waals surface area contributed by atoms with E-state index in [0.717, 1.165) is 53.5 Å². The molecule has 1 aromatic carbocycles. The highest BCUT2D eigenvalue weighted by Crippen LogP contribution is 2.34. The molecule has 0 radical (unpaired) electrons. The molecule has 0 spiro atoms. The second-order valence-corrected chi connectivity index (χ2v) is 9.90. The van der Waals surface area contributed by atoms with E-state index in [1.54, 1.807) is 13.8 Å². The quantitative estimate of drug-likeness (QED) is 0.451. The van der Waals surface area contributed by atoms with Crippen molar-refractivity contribution in [2.45, 2.75) is 57.0 Å². The van der Waals surface area contributed by atoms with E-state index < -0.39 is 0 Å². The van der Waals surface area contributed by atoms with E-state index >= 15 is 0 Å². The summed E-state index contributed by atoms with van der Waals surface area (Å²) in [5, 5.41) is 11.2. The van der Waals surface area contributed by atoms with Crippen molar-refractivity contribution < 1.29 is 9.59 Å². The summed E-state index contributed by atoms with van der Waals surface area (Å²) in [6.45, 7) is 8.81. The highest BCUT2D eigenvalue weighted by atomic mass is 32.2. The van der Waals surface area contributed by atoms with Gasteiger partial charge < -0.3 is 10.2 Å². The minimum absolute atomic E-state index is 0.130. The highest BCUT2D eigenvalue weighted by Gasteiger charge is 2.26. The molecule has 4 rings (SSSR count). The van der Waals surface area contributed by atoms with Crippen molar-refractivity contribution in [2.24, 2.45) is 5.92 Å². The largest absolute Gasteiger partial charge is 0.356 e. The van der Waals surface area contributed by atoms with Gasteiger partial charge >= 0.3 is 0 Å².